The molecule has 0 aromatic heterocycles. The molecule has 0 bridgehead atoms. The first kappa shape index (κ1) is 31.2. The highest BCUT2D eigenvalue weighted by atomic mass is 35.5. The highest BCUT2D eigenvalue weighted by Crippen LogP contribution is 2.36. The van der Waals surface area contributed by atoms with E-state index in [2.05, 4.69) is 5.32 Å². The Kier molecular flexibility index (Phi) is 10.3. The topological polar surface area (TPSA) is 105 Å². The van der Waals surface area contributed by atoms with Crippen LogP contribution in [0.1, 0.15) is 32.8 Å². The zero-order valence-corrected chi connectivity index (χ0v) is 25.5. The molecule has 1 unspecified atom stereocenters. The maximum Gasteiger partial charge on any atom is 0.264 e. The lowest BCUT2D eigenvalue weighted by Crippen LogP contribution is -2.52. The largest absolute Gasteiger partial charge is 0.486 e. The molecule has 9 nitrogen and oxygen atoms in total. The van der Waals surface area contributed by atoms with Crippen LogP contribution in [0.15, 0.2) is 77.7 Å². The van der Waals surface area contributed by atoms with Crippen molar-refractivity contribution in [1.82, 2.24) is 10.2 Å². The van der Waals surface area contributed by atoms with Gasteiger partial charge in [-0.15, -0.1) is 0 Å². The van der Waals surface area contributed by atoms with Gasteiger partial charge in [-0.2, -0.15) is 0 Å². The molecule has 224 valence electrons. The summed E-state index contributed by atoms with van der Waals surface area (Å²) in [6.45, 7) is 6.48. The van der Waals surface area contributed by atoms with Gasteiger partial charge in [0.05, 0.1) is 10.6 Å². The molecular weight excluding hydrogens is 578 g/mol. The Labute approximate surface area is 252 Å². The Morgan fingerprint density at radius 1 is 0.952 bits per heavy atom. The monoisotopic (exact) mass is 613 g/mol. The summed E-state index contributed by atoms with van der Waals surface area (Å²) in [6.07, 6.45) is 0.332. The molecule has 0 radical (unpaired) electrons. The van der Waals surface area contributed by atoms with Crippen LogP contribution in [0, 0.1) is 5.92 Å². The zero-order valence-electron chi connectivity index (χ0n) is 24.0. The fourth-order valence-corrected chi connectivity index (χ4v) is 6.12. The molecule has 11 heteroatoms. The Bertz CT molecular complexity index is 1480. The third-order valence-electron chi connectivity index (χ3n) is 6.76. The Balaban J connectivity index is 1.73. The van der Waals surface area contributed by atoms with E-state index in [1.54, 1.807) is 60.7 Å². The van der Waals surface area contributed by atoms with E-state index in [4.69, 9.17) is 21.1 Å². The molecule has 0 fully saturated rings. The van der Waals surface area contributed by atoms with E-state index in [-0.39, 0.29) is 29.0 Å². The molecule has 2 amide bonds. The normalized spacial score (nSPS) is 13.4. The highest BCUT2D eigenvalue weighted by molar-refractivity contribution is 7.92. The number of anilines is 1. The summed E-state index contributed by atoms with van der Waals surface area (Å²) in [5.41, 5.74) is 0.986. The van der Waals surface area contributed by atoms with Crippen molar-refractivity contribution < 1.29 is 27.5 Å². The van der Waals surface area contributed by atoms with Crippen molar-refractivity contribution in [1.29, 1.82) is 0 Å². The fraction of sp³-hybridized carbons (Fsp3) is 0.355. The number of carbonyl (C=O) groups excluding carboxylic acids is 2. The van der Waals surface area contributed by atoms with Gasteiger partial charge in [-0.1, -0.05) is 62.7 Å². The van der Waals surface area contributed by atoms with E-state index in [0.29, 0.717) is 42.7 Å². The Morgan fingerprint density at radius 2 is 1.62 bits per heavy atom. The number of fused-ring (bicyclic) bond motifs is 1. The summed E-state index contributed by atoms with van der Waals surface area (Å²) in [4.78, 5) is 28.9. The van der Waals surface area contributed by atoms with E-state index >= 15 is 0 Å². The van der Waals surface area contributed by atoms with Crippen LogP contribution in [0.25, 0.3) is 0 Å². The summed E-state index contributed by atoms with van der Waals surface area (Å²) in [7, 11) is -4.19. The minimum Gasteiger partial charge on any atom is -0.486 e. The molecular formula is C31H36ClN3O6S. The second kappa shape index (κ2) is 13.9. The lowest BCUT2D eigenvalue weighted by molar-refractivity contribution is -0.140. The van der Waals surface area contributed by atoms with Gasteiger partial charge in [0.1, 0.15) is 25.8 Å². The van der Waals surface area contributed by atoms with Gasteiger partial charge in [-0.25, -0.2) is 8.42 Å². The first-order chi connectivity index (χ1) is 20.1. The van der Waals surface area contributed by atoms with E-state index in [1.807, 2.05) is 20.8 Å². The smallest absolute Gasteiger partial charge is 0.264 e. The van der Waals surface area contributed by atoms with E-state index in [9.17, 15) is 18.0 Å². The fourth-order valence-electron chi connectivity index (χ4n) is 4.56. The molecule has 1 aliphatic rings. The molecule has 4 rings (SSSR count). The van der Waals surface area contributed by atoms with E-state index in [0.717, 1.165) is 9.87 Å². The molecule has 1 atom stereocenters. The SMILES string of the molecule is CCC(C(=O)NCC(C)C)N(Cc1ccc(Cl)cc1)C(=O)CN(c1ccc2c(c1)OCCO2)S(=O)(=O)c1ccccc1. The number of benzene rings is 3. The number of hydrogen-bond donors (Lipinski definition) is 1. The van der Waals surface area contributed by atoms with Crippen LogP contribution >= 0.6 is 11.6 Å². The van der Waals surface area contributed by atoms with Crippen LogP contribution in [0.5, 0.6) is 11.5 Å². The van der Waals surface area contributed by atoms with Gasteiger partial charge in [0.25, 0.3) is 10.0 Å². The lowest BCUT2D eigenvalue weighted by atomic mass is 10.1. The average Bonchev–Trinajstić information content (AvgIpc) is 2.99. The summed E-state index contributed by atoms with van der Waals surface area (Å²) in [5.74, 6) is 0.257. The predicted octanol–water partition coefficient (Wildman–Crippen LogP) is 4.89. The Morgan fingerprint density at radius 3 is 2.26 bits per heavy atom. The molecule has 3 aromatic rings. The number of sulfonamides is 1. The number of rotatable bonds is 12. The van der Waals surface area contributed by atoms with Crippen molar-refractivity contribution in [2.45, 2.75) is 44.7 Å². The second-order valence-corrected chi connectivity index (χ2v) is 12.7. The van der Waals surface area contributed by atoms with Gasteiger partial charge >= 0.3 is 0 Å². The molecule has 1 aliphatic heterocycles. The number of nitrogens with one attached hydrogen (secondary N) is 1. The van der Waals surface area contributed by atoms with Crippen molar-refractivity contribution >= 4 is 39.1 Å². The standard InChI is InChI=1S/C31H36ClN3O6S/c1-4-27(31(37)33-19-22(2)3)34(20-23-10-12-24(32)13-11-23)30(36)21-35(42(38,39)26-8-6-5-7-9-26)25-14-15-28-29(18-25)41-17-16-40-28/h5-15,18,22,27H,4,16-17,19-21H2,1-3H3,(H,33,37). The van der Waals surface area contributed by atoms with Crippen LogP contribution in [0.2, 0.25) is 5.02 Å². The Hall–Kier alpha value is -3.76. The number of amides is 2. The second-order valence-electron chi connectivity index (χ2n) is 10.4. The maximum absolute atomic E-state index is 14.2. The van der Waals surface area contributed by atoms with Crippen molar-refractivity contribution in [2.75, 3.05) is 30.6 Å². The maximum atomic E-state index is 14.2. The third kappa shape index (κ3) is 7.54. The summed E-state index contributed by atoms with van der Waals surface area (Å²) in [5, 5.41) is 3.46. The minimum atomic E-state index is -4.19. The molecule has 0 spiro atoms. The third-order valence-corrected chi connectivity index (χ3v) is 8.80. The van der Waals surface area contributed by atoms with Gasteiger partial charge < -0.3 is 19.7 Å². The first-order valence-electron chi connectivity index (χ1n) is 13.9. The lowest BCUT2D eigenvalue weighted by Gasteiger charge is -2.33. The van der Waals surface area contributed by atoms with E-state index in [1.165, 1.54) is 17.0 Å². The number of hydrogen-bond acceptors (Lipinski definition) is 6. The molecule has 0 saturated carbocycles. The van der Waals surface area contributed by atoms with Crippen LogP contribution in [-0.2, 0) is 26.2 Å². The van der Waals surface area contributed by atoms with Gasteiger partial charge in [0.2, 0.25) is 11.8 Å². The van der Waals surface area contributed by atoms with Crippen LogP contribution in [-0.4, -0.2) is 57.5 Å². The van der Waals surface area contributed by atoms with Crippen LogP contribution in [0.4, 0.5) is 5.69 Å². The molecule has 0 aliphatic carbocycles. The predicted molar refractivity (Wildman–Crippen MR) is 162 cm³/mol. The van der Waals surface area contributed by atoms with Gasteiger partial charge in [-0.3, -0.25) is 13.9 Å². The van der Waals surface area contributed by atoms with Gasteiger partial charge in [0, 0.05) is 24.2 Å². The molecule has 3 aromatic carbocycles. The number of carbonyl (C=O) groups is 2. The van der Waals surface area contributed by atoms with Crippen molar-refractivity contribution in [3.8, 4) is 11.5 Å². The summed E-state index contributed by atoms with van der Waals surface area (Å²) in [6, 6.07) is 18.8. The molecule has 0 saturated heterocycles. The van der Waals surface area contributed by atoms with Crippen molar-refractivity contribution in [3.05, 3.63) is 83.4 Å². The van der Waals surface area contributed by atoms with Gasteiger partial charge in [-0.05, 0) is 54.3 Å². The molecule has 1 heterocycles. The van der Waals surface area contributed by atoms with Crippen LogP contribution in [0.3, 0.4) is 0 Å². The first-order valence-corrected chi connectivity index (χ1v) is 15.7. The summed E-state index contributed by atoms with van der Waals surface area (Å²) < 4.78 is 40.4. The van der Waals surface area contributed by atoms with Crippen LogP contribution < -0.4 is 19.1 Å². The molecule has 42 heavy (non-hydrogen) atoms. The van der Waals surface area contributed by atoms with Crippen molar-refractivity contribution in [2.24, 2.45) is 5.92 Å². The summed E-state index contributed by atoms with van der Waals surface area (Å²) >= 11 is 6.08. The number of nitrogens with zero attached hydrogens (tertiary/aromatic N) is 2. The molecule has 1 N–H and O–H groups in total. The highest BCUT2D eigenvalue weighted by Gasteiger charge is 2.34. The quantitative estimate of drug-likeness (QED) is 0.312. The van der Waals surface area contributed by atoms with Crippen molar-refractivity contribution in [3.63, 3.8) is 0 Å². The number of halogens is 1. The zero-order chi connectivity index (χ0) is 30.3. The van der Waals surface area contributed by atoms with Gasteiger partial charge in [0.15, 0.2) is 11.5 Å². The minimum absolute atomic E-state index is 0.0265. The average molecular weight is 614 g/mol. The number of ether oxygens (including phenoxy) is 2. The van der Waals surface area contributed by atoms with E-state index < -0.39 is 28.5 Å².